The lowest BCUT2D eigenvalue weighted by Crippen LogP contribution is -2.41. The summed E-state index contributed by atoms with van der Waals surface area (Å²) in [5.41, 5.74) is 4.26. The van der Waals surface area contributed by atoms with Gasteiger partial charge in [-0.15, -0.1) is 0 Å². The zero-order valence-electron chi connectivity index (χ0n) is 12.7. The molecule has 1 aromatic carbocycles. The Bertz CT molecular complexity index is 653. The van der Waals surface area contributed by atoms with Crippen LogP contribution in [0.5, 0.6) is 0 Å². The molecule has 1 aliphatic rings. The van der Waals surface area contributed by atoms with Crippen molar-refractivity contribution in [2.24, 2.45) is 0 Å². The minimum Gasteiger partial charge on any atom is -0.297 e. The van der Waals surface area contributed by atoms with Gasteiger partial charge in [0.25, 0.3) is 5.91 Å². The molecule has 0 bridgehead atoms. The normalized spacial score (nSPS) is 14.0. The van der Waals surface area contributed by atoms with Crippen LogP contribution >= 0.6 is 24.0 Å². The second-order valence-electron chi connectivity index (χ2n) is 5.04. The first-order chi connectivity index (χ1) is 11.5. The van der Waals surface area contributed by atoms with E-state index in [1.807, 2.05) is 0 Å². The molecule has 0 aliphatic carbocycles. The standard InChI is InChI=1S/C15H16FN3O3S2/c16-11-6-2-1-5-10(11)14(22)18-17-12(20)7-3-4-8-19-13(21)9-24-15(19)23/h1-2,5-6H,3-4,7-9H2,(H,17,20)(H,18,22). The van der Waals surface area contributed by atoms with Crippen molar-refractivity contribution >= 4 is 46.0 Å². The summed E-state index contributed by atoms with van der Waals surface area (Å²) in [6, 6.07) is 5.49. The molecule has 1 fully saturated rings. The highest BCUT2D eigenvalue weighted by Crippen LogP contribution is 2.19. The maximum atomic E-state index is 13.4. The van der Waals surface area contributed by atoms with Crippen molar-refractivity contribution in [3.63, 3.8) is 0 Å². The number of rotatable bonds is 6. The van der Waals surface area contributed by atoms with Gasteiger partial charge in [-0.05, 0) is 25.0 Å². The summed E-state index contributed by atoms with van der Waals surface area (Å²) in [4.78, 5) is 36.4. The fourth-order valence-corrected chi connectivity index (χ4v) is 3.18. The number of halogens is 1. The van der Waals surface area contributed by atoms with Crippen molar-refractivity contribution in [1.29, 1.82) is 0 Å². The lowest BCUT2D eigenvalue weighted by atomic mass is 10.2. The highest BCUT2D eigenvalue weighted by atomic mass is 32.2. The topological polar surface area (TPSA) is 78.5 Å². The Morgan fingerprint density at radius 1 is 1.25 bits per heavy atom. The zero-order chi connectivity index (χ0) is 17.5. The molecule has 1 saturated heterocycles. The average Bonchev–Trinajstić information content (AvgIpc) is 2.88. The Kier molecular flexibility index (Phi) is 6.68. The number of thioether (sulfide) groups is 1. The highest BCUT2D eigenvalue weighted by Gasteiger charge is 2.25. The Labute approximate surface area is 148 Å². The summed E-state index contributed by atoms with van der Waals surface area (Å²) in [5.74, 6) is -1.39. The van der Waals surface area contributed by atoms with Crippen LogP contribution in [-0.4, -0.2) is 39.2 Å². The minimum absolute atomic E-state index is 0.00778. The molecule has 0 aromatic heterocycles. The number of unbranched alkanes of at least 4 members (excludes halogenated alkanes) is 1. The third kappa shape index (κ3) is 5.00. The lowest BCUT2D eigenvalue weighted by molar-refractivity contribution is -0.124. The van der Waals surface area contributed by atoms with Gasteiger partial charge < -0.3 is 0 Å². The summed E-state index contributed by atoms with van der Waals surface area (Å²) < 4.78 is 14.0. The van der Waals surface area contributed by atoms with Crippen molar-refractivity contribution < 1.29 is 18.8 Å². The number of nitrogens with zero attached hydrogens (tertiary/aromatic N) is 1. The second kappa shape index (κ2) is 8.74. The highest BCUT2D eigenvalue weighted by molar-refractivity contribution is 8.23. The number of carbonyl (C=O) groups excluding carboxylic acids is 3. The number of nitrogens with one attached hydrogen (secondary N) is 2. The van der Waals surface area contributed by atoms with Gasteiger partial charge in [0.15, 0.2) is 0 Å². The van der Waals surface area contributed by atoms with Crippen molar-refractivity contribution in [2.45, 2.75) is 19.3 Å². The van der Waals surface area contributed by atoms with Gasteiger partial charge in [0.2, 0.25) is 11.8 Å². The molecule has 2 rings (SSSR count). The molecule has 3 amide bonds. The number of carbonyl (C=O) groups is 3. The molecule has 1 aromatic rings. The van der Waals surface area contributed by atoms with Crippen LogP contribution in [0.3, 0.4) is 0 Å². The van der Waals surface area contributed by atoms with Crippen LogP contribution in [0.25, 0.3) is 0 Å². The van der Waals surface area contributed by atoms with Crippen LogP contribution in [0.2, 0.25) is 0 Å². The van der Waals surface area contributed by atoms with Crippen molar-refractivity contribution in [3.05, 3.63) is 35.6 Å². The molecular weight excluding hydrogens is 353 g/mol. The average molecular weight is 369 g/mol. The summed E-state index contributed by atoms with van der Waals surface area (Å²) >= 11 is 6.40. The molecule has 24 heavy (non-hydrogen) atoms. The van der Waals surface area contributed by atoms with Crippen LogP contribution in [0.15, 0.2) is 24.3 Å². The van der Waals surface area contributed by atoms with Crippen LogP contribution in [0.1, 0.15) is 29.6 Å². The third-order valence-corrected chi connectivity index (χ3v) is 4.74. The summed E-state index contributed by atoms with van der Waals surface area (Å²) in [6.07, 6.45) is 1.35. The van der Waals surface area contributed by atoms with Crippen LogP contribution < -0.4 is 10.9 Å². The summed E-state index contributed by atoms with van der Waals surface area (Å²) in [7, 11) is 0. The predicted octanol–water partition coefficient (Wildman–Crippen LogP) is 1.62. The van der Waals surface area contributed by atoms with Gasteiger partial charge in [-0.3, -0.25) is 30.1 Å². The van der Waals surface area contributed by atoms with E-state index < -0.39 is 11.7 Å². The number of benzene rings is 1. The summed E-state index contributed by atoms with van der Waals surface area (Å²) in [6.45, 7) is 0.486. The maximum Gasteiger partial charge on any atom is 0.272 e. The largest absolute Gasteiger partial charge is 0.297 e. The van der Waals surface area contributed by atoms with E-state index in [1.54, 1.807) is 0 Å². The third-order valence-electron chi connectivity index (χ3n) is 3.31. The first-order valence-electron chi connectivity index (χ1n) is 7.30. The molecule has 9 heteroatoms. The first kappa shape index (κ1) is 18.3. The van der Waals surface area contributed by atoms with Crippen LogP contribution in [-0.2, 0) is 9.59 Å². The van der Waals surface area contributed by atoms with E-state index >= 15 is 0 Å². The first-order valence-corrected chi connectivity index (χ1v) is 8.69. The van der Waals surface area contributed by atoms with Gasteiger partial charge in [-0.25, -0.2) is 4.39 Å². The molecular formula is C15H16FN3O3S2. The van der Waals surface area contributed by atoms with Crippen LogP contribution in [0, 0.1) is 5.82 Å². The van der Waals surface area contributed by atoms with Gasteiger partial charge in [0.05, 0.1) is 11.3 Å². The Balaban J connectivity index is 1.65. The Hall–Kier alpha value is -2.00. The molecule has 1 aliphatic heterocycles. The molecule has 0 unspecified atom stereocenters. The van der Waals surface area contributed by atoms with Crippen LogP contribution in [0.4, 0.5) is 4.39 Å². The van der Waals surface area contributed by atoms with Gasteiger partial charge in [0, 0.05) is 13.0 Å². The lowest BCUT2D eigenvalue weighted by Gasteiger charge is -2.14. The smallest absolute Gasteiger partial charge is 0.272 e. The molecule has 0 saturated carbocycles. The Morgan fingerprint density at radius 3 is 2.67 bits per heavy atom. The van der Waals surface area contributed by atoms with Crippen molar-refractivity contribution in [2.75, 3.05) is 12.3 Å². The zero-order valence-corrected chi connectivity index (χ0v) is 14.3. The second-order valence-corrected chi connectivity index (χ2v) is 6.65. The predicted molar refractivity (Wildman–Crippen MR) is 92.6 cm³/mol. The molecule has 0 atom stereocenters. The fourth-order valence-electron chi connectivity index (χ4n) is 2.05. The van der Waals surface area contributed by atoms with E-state index in [2.05, 4.69) is 10.9 Å². The number of thiocarbonyl (C=S) groups is 1. The monoisotopic (exact) mass is 369 g/mol. The minimum atomic E-state index is -0.716. The van der Waals surface area contributed by atoms with Gasteiger partial charge in [0.1, 0.15) is 10.1 Å². The van der Waals surface area contributed by atoms with E-state index in [1.165, 1.54) is 40.9 Å². The van der Waals surface area contributed by atoms with E-state index in [0.717, 1.165) is 0 Å². The maximum absolute atomic E-state index is 13.4. The quantitative estimate of drug-likeness (QED) is 0.453. The number of hydrogen-bond acceptors (Lipinski definition) is 5. The fraction of sp³-hybridized carbons (Fsp3) is 0.333. The number of amides is 3. The van der Waals surface area contributed by atoms with E-state index in [9.17, 15) is 18.8 Å². The SMILES string of the molecule is O=C(CCCCN1C(=O)CSC1=S)NNC(=O)c1ccccc1F. The van der Waals surface area contributed by atoms with Gasteiger partial charge in [-0.1, -0.05) is 36.1 Å². The molecule has 6 nitrogen and oxygen atoms in total. The van der Waals surface area contributed by atoms with E-state index in [0.29, 0.717) is 29.5 Å². The molecule has 1 heterocycles. The molecule has 0 spiro atoms. The van der Waals surface area contributed by atoms with Gasteiger partial charge in [-0.2, -0.15) is 0 Å². The number of hydrogen-bond donors (Lipinski definition) is 2. The van der Waals surface area contributed by atoms with E-state index in [4.69, 9.17) is 12.2 Å². The van der Waals surface area contributed by atoms with Crippen molar-refractivity contribution in [3.8, 4) is 0 Å². The molecule has 2 N–H and O–H groups in total. The molecule has 128 valence electrons. The number of hydrazine groups is 1. The molecule has 0 radical (unpaired) electrons. The summed E-state index contributed by atoms with van der Waals surface area (Å²) in [5, 5.41) is 0. The Morgan fingerprint density at radius 2 is 2.00 bits per heavy atom. The van der Waals surface area contributed by atoms with Gasteiger partial charge >= 0.3 is 0 Å². The van der Waals surface area contributed by atoms with Crippen molar-refractivity contribution in [1.82, 2.24) is 15.8 Å². The van der Waals surface area contributed by atoms with E-state index in [-0.39, 0.29) is 23.8 Å².